The van der Waals surface area contributed by atoms with Gasteiger partial charge in [0.05, 0.1) is 12.5 Å². The molecule has 1 saturated heterocycles. The lowest BCUT2D eigenvalue weighted by Gasteiger charge is -2.27. The summed E-state index contributed by atoms with van der Waals surface area (Å²) in [7, 11) is 1.66. The van der Waals surface area contributed by atoms with Crippen molar-refractivity contribution < 1.29 is 9.53 Å². The predicted molar refractivity (Wildman–Crippen MR) is 75.9 cm³/mol. The Kier molecular flexibility index (Phi) is 4.93. The van der Waals surface area contributed by atoms with Gasteiger partial charge in [0.25, 0.3) is 0 Å². The van der Waals surface area contributed by atoms with Crippen LogP contribution in [0.5, 0.6) is 0 Å². The number of rotatable bonds is 4. The first kappa shape index (κ1) is 14.0. The van der Waals surface area contributed by atoms with Crippen molar-refractivity contribution in [3.8, 4) is 0 Å². The lowest BCUT2D eigenvalue weighted by atomic mass is 9.91. The van der Waals surface area contributed by atoms with E-state index in [1.807, 2.05) is 24.3 Å². The number of ether oxygens (including phenoxy) is 1. The Balaban J connectivity index is 2.02. The summed E-state index contributed by atoms with van der Waals surface area (Å²) >= 11 is 0. The van der Waals surface area contributed by atoms with Gasteiger partial charge in [0.15, 0.2) is 0 Å². The van der Waals surface area contributed by atoms with Gasteiger partial charge in [-0.3, -0.25) is 4.79 Å². The van der Waals surface area contributed by atoms with E-state index >= 15 is 0 Å². The van der Waals surface area contributed by atoms with Crippen LogP contribution in [-0.4, -0.2) is 26.1 Å². The highest BCUT2D eigenvalue weighted by molar-refractivity contribution is 5.93. The van der Waals surface area contributed by atoms with Crippen LogP contribution in [-0.2, 0) is 16.1 Å². The minimum absolute atomic E-state index is 0.0550. The summed E-state index contributed by atoms with van der Waals surface area (Å²) < 4.78 is 5.15. The van der Waals surface area contributed by atoms with Crippen molar-refractivity contribution in [3.63, 3.8) is 0 Å². The van der Waals surface area contributed by atoms with Crippen LogP contribution >= 0.6 is 0 Å². The summed E-state index contributed by atoms with van der Waals surface area (Å²) in [5.74, 6) is 0.709. The highest BCUT2D eigenvalue weighted by Gasteiger charge is 2.25. The van der Waals surface area contributed by atoms with E-state index < -0.39 is 0 Å². The second-order valence-corrected chi connectivity index (χ2v) is 5.28. The molecule has 2 unspecified atom stereocenters. The largest absolute Gasteiger partial charge is 0.380 e. The highest BCUT2D eigenvalue weighted by Crippen LogP contribution is 2.20. The fraction of sp³-hybridized carbons (Fsp3) is 0.533. The first-order valence-corrected chi connectivity index (χ1v) is 6.79. The Hall–Kier alpha value is -1.39. The zero-order valence-electron chi connectivity index (χ0n) is 11.6. The van der Waals surface area contributed by atoms with E-state index in [0.29, 0.717) is 12.5 Å². The smallest absolute Gasteiger partial charge is 0.228 e. The quantitative estimate of drug-likeness (QED) is 0.873. The molecule has 1 fully saturated rings. The molecule has 0 saturated carbocycles. The maximum absolute atomic E-state index is 12.3. The normalized spacial score (nSPS) is 23.1. The molecule has 4 nitrogen and oxygen atoms in total. The van der Waals surface area contributed by atoms with Gasteiger partial charge in [-0.2, -0.15) is 0 Å². The Morgan fingerprint density at radius 1 is 1.42 bits per heavy atom. The minimum atomic E-state index is 0.0550. The number of carbonyl (C=O) groups is 1. The van der Waals surface area contributed by atoms with Crippen molar-refractivity contribution >= 4 is 11.6 Å². The van der Waals surface area contributed by atoms with Crippen LogP contribution < -0.4 is 10.6 Å². The number of methoxy groups -OCH3 is 1. The Bertz CT molecular complexity index is 434. The van der Waals surface area contributed by atoms with Crippen LogP contribution in [0.15, 0.2) is 24.3 Å². The van der Waals surface area contributed by atoms with Crippen LogP contribution in [0.3, 0.4) is 0 Å². The number of anilines is 1. The fourth-order valence-electron chi connectivity index (χ4n) is 2.51. The minimum Gasteiger partial charge on any atom is -0.380 e. The standard InChI is InChI=1S/C15H22N2O2/c1-11-7-13(9-16-8-11)15(18)17-14-6-4-3-5-12(14)10-19-2/h3-6,11,13,16H,7-10H2,1-2H3,(H,17,18). The fourth-order valence-corrected chi connectivity index (χ4v) is 2.51. The number of hydrogen-bond acceptors (Lipinski definition) is 3. The van der Waals surface area contributed by atoms with E-state index in [4.69, 9.17) is 4.74 Å². The molecule has 0 aromatic heterocycles. The molecule has 1 aliphatic rings. The molecule has 0 spiro atoms. The zero-order valence-corrected chi connectivity index (χ0v) is 11.6. The first-order chi connectivity index (χ1) is 9.20. The number of piperidine rings is 1. The Morgan fingerprint density at radius 2 is 2.21 bits per heavy atom. The summed E-state index contributed by atoms with van der Waals surface area (Å²) in [4.78, 5) is 12.3. The number of para-hydroxylation sites is 1. The van der Waals surface area contributed by atoms with Gasteiger partial charge in [-0.15, -0.1) is 0 Å². The van der Waals surface area contributed by atoms with Gasteiger partial charge in [-0.1, -0.05) is 25.1 Å². The predicted octanol–water partition coefficient (Wildman–Crippen LogP) is 2.02. The van der Waals surface area contributed by atoms with E-state index in [9.17, 15) is 4.79 Å². The summed E-state index contributed by atoms with van der Waals surface area (Å²) in [5, 5.41) is 6.33. The van der Waals surface area contributed by atoms with Gasteiger partial charge >= 0.3 is 0 Å². The van der Waals surface area contributed by atoms with Crippen molar-refractivity contribution in [1.82, 2.24) is 5.32 Å². The van der Waals surface area contributed by atoms with Gasteiger partial charge in [0, 0.05) is 24.9 Å². The lowest BCUT2D eigenvalue weighted by molar-refractivity contribution is -0.120. The Labute approximate surface area is 114 Å². The van der Waals surface area contributed by atoms with Gasteiger partial charge in [0.2, 0.25) is 5.91 Å². The molecular weight excluding hydrogens is 240 g/mol. The lowest BCUT2D eigenvalue weighted by Crippen LogP contribution is -2.41. The van der Waals surface area contributed by atoms with Crippen LogP contribution in [0.4, 0.5) is 5.69 Å². The SMILES string of the molecule is COCc1ccccc1NC(=O)C1CNCC(C)C1. The molecule has 0 radical (unpaired) electrons. The summed E-state index contributed by atoms with van der Waals surface area (Å²) in [6.45, 7) is 4.45. The maximum Gasteiger partial charge on any atom is 0.228 e. The molecule has 2 N–H and O–H groups in total. The van der Waals surface area contributed by atoms with Crippen molar-refractivity contribution in [2.24, 2.45) is 11.8 Å². The van der Waals surface area contributed by atoms with E-state index in [1.54, 1.807) is 7.11 Å². The Morgan fingerprint density at radius 3 is 2.95 bits per heavy atom. The van der Waals surface area contributed by atoms with Crippen LogP contribution in [0.1, 0.15) is 18.9 Å². The molecule has 1 aliphatic heterocycles. The monoisotopic (exact) mass is 262 g/mol. The molecule has 2 atom stereocenters. The zero-order chi connectivity index (χ0) is 13.7. The molecule has 0 bridgehead atoms. The molecule has 19 heavy (non-hydrogen) atoms. The van der Waals surface area contributed by atoms with Gasteiger partial charge in [0.1, 0.15) is 0 Å². The third-order valence-corrected chi connectivity index (χ3v) is 3.52. The molecule has 1 heterocycles. The molecule has 1 aromatic carbocycles. The molecule has 1 amide bonds. The van der Waals surface area contributed by atoms with E-state index in [1.165, 1.54) is 0 Å². The topological polar surface area (TPSA) is 50.4 Å². The third kappa shape index (κ3) is 3.78. The average molecular weight is 262 g/mol. The van der Waals surface area contributed by atoms with Crippen molar-refractivity contribution in [1.29, 1.82) is 0 Å². The molecule has 2 rings (SSSR count). The summed E-state index contributed by atoms with van der Waals surface area (Å²) in [5.41, 5.74) is 1.86. The van der Waals surface area contributed by atoms with E-state index in [-0.39, 0.29) is 11.8 Å². The summed E-state index contributed by atoms with van der Waals surface area (Å²) in [6.07, 6.45) is 0.950. The highest BCUT2D eigenvalue weighted by atomic mass is 16.5. The van der Waals surface area contributed by atoms with Gasteiger partial charge in [-0.25, -0.2) is 0 Å². The van der Waals surface area contributed by atoms with Crippen LogP contribution in [0.2, 0.25) is 0 Å². The third-order valence-electron chi connectivity index (χ3n) is 3.52. The second-order valence-electron chi connectivity index (χ2n) is 5.28. The summed E-state index contributed by atoms with van der Waals surface area (Å²) in [6, 6.07) is 7.78. The van der Waals surface area contributed by atoms with Gasteiger partial charge in [-0.05, 0) is 24.9 Å². The van der Waals surface area contributed by atoms with Crippen molar-refractivity contribution in [2.45, 2.75) is 20.0 Å². The molecule has 1 aromatic rings. The number of amides is 1. The number of nitrogens with one attached hydrogen (secondary N) is 2. The van der Waals surface area contributed by atoms with E-state index in [0.717, 1.165) is 30.8 Å². The number of hydrogen-bond donors (Lipinski definition) is 2. The first-order valence-electron chi connectivity index (χ1n) is 6.79. The number of benzene rings is 1. The van der Waals surface area contributed by atoms with Gasteiger partial charge < -0.3 is 15.4 Å². The molecule has 104 valence electrons. The van der Waals surface area contributed by atoms with E-state index in [2.05, 4.69) is 17.6 Å². The molecular formula is C15H22N2O2. The second kappa shape index (κ2) is 6.68. The van der Waals surface area contributed by atoms with Crippen LogP contribution in [0, 0.1) is 11.8 Å². The molecule has 4 heteroatoms. The average Bonchev–Trinajstić information content (AvgIpc) is 2.41. The van der Waals surface area contributed by atoms with Crippen LogP contribution in [0.25, 0.3) is 0 Å². The number of carbonyl (C=O) groups excluding carboxylic acids is 1. The maximum atomic E-state index is 12.3. The van der Waals surface area contributed by atoms with Crippen molar-refractivity contribution in [2.75, 3.05) is 25.5 Å². The van der Waals surface area contributed by atoms with Crippen molar-refractivity contribution in [3.05, 3.63) is 29.8 Å². The molecule has 0 aliphatic carbocycles.